The van der Waals surface area contributed by atoms with Crippen LogP contribution in [0.25, 0.3) is 16.2 Å². The van der Waals surface area contributed by atoms with Crippen LogP contribution in [0, 0.1) is 6.92 Å². The maximum Gasteiger partial charge on any atom is 0.420 e. The first-order valence-electron chi connectivity index (χ1n) is 10.2. The van der Waals surface area contributed by atoms with Gasteiger partial charge in [-0.3, -0.25) is 0 Å². The molecular weight excluding hydrogens is 471 g/mol. The molecule has 4 aromatic rings. The fraction of sp³-hybridized carbons (Fsp3) is 0.300. The number of urea groups is 1. The van der Waals surface area contributed by atoms with Gasteiger partial charge in [0.25, 0.3) is 0 Å². The molecule has 1 saturated carbocycles. The van der Waals surface area contributed by atoms with E-state index in [4.69, 9.17) is 0 Å². The number of hydrogen-bond acceptors (Lipinski definition) is 8. The smallest absolute Gasteiger partial charge is 0.368 e. The van der Waals surface area contributed by atoms with Crippen LogP contribution in [0.5, 0.6) is 0 Å². The molecule has 0 bridgehead atoms. The van der Waals surface area contributed by atoms with Gasteiger partial charge in [-0.05, 0) is 25.8 Å². The molecular formula is C20H18F3N9OS. The molecule has 0 aromatic carbocycles. The summed E-state index contributed by atoms with van der Waals surface area (Å²) in [6.45, 7) is 1.88. The number of pyridine rings is 2. The Morgan fingerprint density at radius 3 is 2.59 bits per heavy atom. The summed E-state index contributed by atoms with van der Waals surface area (Å²) in [7, 11) is 1.92. The summed E-state index contributed by atoms with van der Waals surface area (Å²) >= 11 is 1.45. The van der Waals surface area contributed by atoms with Crippen molar-refractivity contribution in [1.29, 1.82) is 0 Å². The molecule has 2 N–H and O–H groups in total. The van der Waals surface area contributed by atoms with E-state index < -0.39 is 23.6 Å². The summed E-state index contributed by atoms with van der Waals surface area (Å²) in [6, 6.07) is 0.380. The van der Waals surface area contributed by atoms with Crippen LogP contribution in [-0.4, -0.2) is 49.1 Å². The molecule has 0 radical (unpaired) electrons. The van der Waals surface area contributed by atoms with Crippen LogP contribution in [0.1, 0.15) is 23.4 Å². The van der Waals surface area contributed by atoms with Gasteiger partial charge in [0, 0.05) is 13.1 Å². The zero-order valence-corrected chi connectivity index (χ0v) is 18.8. The van der Waals surface area contributed by atoms with Gasteiger partial charge < -0.3 is 15.5 Å². The molecule has 1 fully saturated rings. The highest BCUT2D eigenvalue weighted by Crippen LogP contribution is 2.40. The predicted molar refractivity (Wildman–Crippen MR) is 120 cm³/mol. The number of alkyl halides is 3. The molecule has 176 valence electrons. The SMILES string of the molecule is Cc1nc2c(N(C)C3CC3)c(NC(=O)Nc3cnc(-n4nccn4)c(C(F)(F)F)c3)cnc2s1. The quantitative estimate of drug-likeness (QED) is 0.431. The highest BCUT2D eigenvalue weighted by Gasteiger charge is 2.36. The summed E-state index contributed by atoms with van der Waals surface area (Å²) in [5, 5.41) is 13.4. The second-order valence-electron chi connectivity index (χ2n) is 7.74. The summed E-state index contributed by atoms with van der Waals surface area (Å²) in [5.41, 5.74) is 0.576. The Hall–Kier alpha value is -3.81. The lowest BCUT2D eigenvalue weighted by atomic mass is 10.2. The Labute approximate surface area is 194 Å². The number of nitrogens with one attached hydrogen (secondary N) is 2. The molecule has 0 spiro atoms. The van der Waals surface area contributed by atoms with Crippen LogP contribution in [-0.2, 0) is 6.18 Å². The Kier molecular flexibility index (Phi) is 5.31. The van der Waals surface area contributed by atoms with Crippen molar-refractivity contribution in [2.75, 3.05) is 22.6 Å². The van der Waals surface area contributed by atoms with E-state index in [1.54, 1.807) is 0 Å². The van der Waals surface area contributed by atoms with Crippen molar-refractivity contribution in [3.05, 3.63) is 41.4 Å². The number of rotatable bonds is 5. The highest BCUT2D eigenvalue weighted by atomic mass is 32.1. The third-order valence-corrected chi connectivity index (χ3v) is 6.12. The van der Waals surface area contributed by atoms with Crippen LogP contribution >= 0.6 is 11.3 Å². The number of anilines is 3. The van der Waals surface area contributed by atoms with Crippen LogP contribution in [0.4, 0.5) is 35.0 Å². The van der Waals surface area contributed by atoms with E-state index in [9.17, 15) is 18.0 Å². The van der Waals surface area contributed by atoms with Gasteiger partial charge in [0.05, 0.1) is 46.9 Å². The number of nitrogens with zero attached hydrogens (tertiary/aromatic N) is 7. The zero-order chi connectivity index (χ0) is 24.0. The number of aromatic nitrogens is 6. The fourth-order valence-electron chi connectivity index (χ4n) is 3.57. The van der Waals surface area contributed by atoms with E-state index in [2.05, 4.69) is 35.8 Å². The molecule has 0 atom stereocenters. The number of fused-ring (bicyclic) bond motifs is 1. The van der Waals surface area contributed by atoms with Gasteiger partial charge in [-0.1, -0.05) is 11.3 Å². The van der Waals surface area contributed by atoms with E-state index in [1.165, 1.54) is 29.9 Å². The monoisotopic (exact) mass is 489 g/mol. The number of carbonyl (C=O) groups excluding carboxylic acids is 1. The Balaban J connectivity index is 1.43. The van der Waals surface area contributed by atoms with E-state index in [0.717, 1.165) is 45.4 Å². The molecule has 4 heterocycles. The first kappa shape index (κ1) is 22.0. The summed E-state index contributed by atoms with van der Waals surface area (Å²) < 4.78 is 40.9. The number of amides is 2. The Morgan fingerprint density at radius 2 is 1.91 bits per heavy atom. The van der Waals surface area contributed by atoms with Crippen molar-refractivity contribution < 1.29 is 18.0 Å². The summed E-state index contributed by atoms with van der Waals surface area (Å²) in [5.74, 6) is -0.495. The maximum atomic E-state index is 13.6. The van der Waals surface area contributed by atoms with Crippen molar-refractivity contribution >= 4 is 44.8 Å². The van der Waals surface area contributed by atoms with Crippen LogP contribution in [0.3, 0.4) is 0 Å². The van der Waals surface area contributed by atoms with E-state index in [0.29, 0.717) is 17.2 Å². The Morgan fingerprint density at radius 1 is 1.18 bits per heavy atom. The van der Waals surface area contributed by atoms with Gasteiger partial charge in [0.15, 0.2) is 5.82 Å². The minimum absolute atomic E-state index is 0.142. The van der Waals surface area contributed by atoms with Crippen LogP contribution < -0.4 is 15.5 Å². The van der Waals surface area contributed by atoms with Crippen molar-refractivity contribution in [3.8, 4) is 5.82 Å². The van der Waals surface area contributed by atoms with Crippen molar-refractivity contribution in [2.45, 2.75) is 32.0 Å². The topological polar surface area (TPSA) is 114 Å². The average Bonchev–Trinajstić information content (AvgIpc) is 3.34. The van der Waals surface area contributed by atoms with E-state index in [1.807, 2.05) is 18.9 Å². The first-order valence-corrected chi connectivity index (χ1v) is 11.0. The van der Waals surface area contributed by atoms with Crippen molar-refractivity contribution in [2.24, 2.45) is 0 Å². The number of thiazole rings is 1. The van der Waals surface area contributed by atoms with Gasteiger partial charge in [0.1, 0.15) is 15.9 Å². The molecule has 10 nitrogen and oxygen atoms in total. The number of carbonyl (C=O) groups is 1. The molecule has 5 rings (SSSR count). The average molecular weight is 489 g/mol. The highest BCUT2D eigenvalue weighted by molar-refractivity contribution is 7.18. The zero-order valence-electron chi connectivity index (χ0n) is 18.0. The molecule has 14 heteroatoms. The molecule has 0 aliphatic heterocycles. The van der Waals surface area contributed by atoms with E-state index >= 15 is 0 Å². The van der Waals surface area contributed by atoms with Crippen molar-refractivity contribution in [1.82, 2.24) is 29.9 Å². The lowest BCUT2D eigenvalue weighted by Gasteiger charge is -2.22. The second-order valence-corrected chi connectivity index (χ2v) is 8.92. The molecule has 0 unspecified atom stereocenters. The van der Waals surface area contributed by atoms with Gasteiger partial charge in [-0.15, -0.1) is 4.80 Å². The number of hydrogen-bond donors (Lipinski definition) is 2. The van der Waals surface area contributed by atoms with E-state index in [-0.39, 0.29) is 5.69 Å². The maximum absolute atomic E-state index is 13.6. The number of aryl methyl sites for hydroxylation is 1. The van der Waals surface area contributed by atoms with Crippen LogP contribution in [0.2, 0.25) is 0 Å². The molecule has 1 aliphatic rings. The van der Waals surface area contributed by atoms with Crippen molar-refractivity contribution in [3.63, 3.8) is 0 Å². The third kappa shape index (κ3) is 4.23. The van der Waals surface area contributed by atoms with Gasteiger partial charge >= 0.3 is 12.2 Å². The van der Waals surface area contributed by atoms with Gasteiger partial charge in [-0.25, -0.2) is 19.7 Å². The lowest BCUT2D eigenvalue weighted by molar-refractivity contribution is -0.137. The molecule has 1 aliphatic carbocycles. The summed E-state index contributed by atoms with van der Waals surface area (Å²) in [4.78, 5) is 29.1. The predicted octanol–water partition coefficient (Wildman–Crippen LogP) is 4.24. The molecule has 2 amide bonds. The molecule has 4 aromatic heterocycles. The molecule has 0 saturated heterocycles. The minimum Gasteiger partial charge on any atom is -0.368 e. The van der Waals surface area contributed by atoms with Crippen LogP contribution in [0.15, 0.2) is 30.9 Å². The fourth-order valence-corrected chi connectivity index (χ4v) is 4.33. The van der Waals surface area contributed by atoms with Gasteiger partial charge in [-0.2, -0.15) is 23.4 Å². The molecule has 34 heavy (non-hydrogen) atoms. The third-order valence-electron chi connectivity index (χ3n) is 5.24. The number of halogens is 3. The normalized spacial score (nSPS) is 13.8. The Bertz CT molecular complexity index is 1370. The summed E-state index contributed by atoms with van der Waals surface area (Å²) in [6.07, 6.45) is 2.44. The minimum atomic E-state index is -4.73. The lowest BCUT2D eigenvalue weighted by Crippen LogP contribution is -2.25. The van der Waals surface area contributed by atoms with Gasteiger partial charge in [0.2, 0.25) is 0 Å². The second kappa shape index (κ2) is 8.20. The first-order chi connectivity index (χ1) is 16.2. The standard InChI is InChI=1S/C20H18F3N9OS/c1-10-28-15-16(31(2)12-3-4-12)14(9-25-18(15)34-10)30-19(33)29-11-7-13(20(21,22)23)17(24-8-11)32-26-5-6-27-32/h5-9,12H,3-4H2,1-2H3,(H2,29,30,33). The largest absolute Gasteiger partial charge is 0.420 e.